The van der Waals surface area contributed by atoms with Crippen LogP contribution in [0.25, 0.3) is 0 Å². The van der Waals surface area contributed by atoms with Crippen LogP contribution in [0.2, 0.25) is 5.02 Å². The van der Waals surface area contributed by atoms with Gasteiger partial charge in [-0.05, 0) is 18.2 Å². The molecule has 0 unspecified atom stereocenters. The van der Waals surface area contributed by atoms with Crippen molar-refractivity contribution in [3.63, 3.8) is 0 Å². The van der Waals surface area contributed by atoms with Crippen LogP contribution in [0.15, 0.2) is 52.9 Å². The lowest BCUT2D eigenvalue weighted by atomic mass is 10.0. The van der Waals surface area contributed by atoms with E-state index in [0.717, 1.165) is 0 Å². The van der Waals surface area contributed by atoms with Gasteiger partial charge in [-0.3, -0.25) is 14.3 Å². The highest BCUT2D eigenvalue weighted by Gasteiger charge is 2.24. The van der Waals surface area contributed by atoms with Crippen LogP contribution in [-0.4, -0.2) is 30.3 Å². The van der Waals surface area contributed by atoms with Gasteiger partial charge in [-0.25, -0.2) is 0 Å². The van der Waals surface area contributed by atoms with Crippen LogP contribution in [0.4, 0.5) is 10.8 Å². The summed E-state index contributed by atoms with van der Waals surface area (Å²) in [7, 11) is -4.14. The van der Waals surface area contributed by atoms with Crippen molar-refractivity contribution in [3.05, 3.63) is 64.7 Å². The Morgan fingerprint density at radius 2 is 1.83 bits per heavy atom. The maximum absolute atomic E-state index is 12.8. The van der Waals surface area contributed by atoms with Gasteiger partial charge in [0, 0.05) is 22.6 Å². The van der Waals surface area contributed by atoms with Gasteiger partial charge in [0.05, 0.1) is 5.69 Å². The number of aromatic nitrogens is 2. The van der Waals surface area contributed by atoms with Gasteiger partial charge >= 0.3 is 0 Å². The Hall–Kier alpha value is -2.82. The van der Waals surface area contributed by atoms with Crippen molar-refractivity contribution in [1.29, 1.82) is 0 Å². The number of rotatable bonds is 7. The fourth-order valence-electron chi connectivity index (χ4n) is 2.30. The number of ketones is 1. The molecule has 29 heavy (non-hydrogen) atoms. The molecule has 1 aromatic heterocycles. The smallest absolute Gasteiger partial charge is 0.291 e. The molecule has 0 aliphatic heterocycles. The van der Waals surface area contributed by atoms with Crippen LogP contribution in [0.3, 0.4) is 0 Å². The quantitative estimate of drug-likeness (QED) is 0.419. The Morgan fingerprint density at radius 1 is 1.10 bits per heavy atom. The van der Waals surface area contributed by atoms with Gasteiger partial charge in [0.25, 0.3) is 14.4 Å². The van der Waals surface area contributed by atoms with Crippen molar-refractivity contribution < 1.29 is 18.0 Å². The molecule has 1 heterocycles. The molecule has 150 valence electrons. The maximum atomic E-state index is 12.8. The van der Waals surface area contributed by atoms with Crippen molar-refractivity contribution in [2.24, 2.45) is 0 Å². The number of halogens is 1. The van der Waals surface area contributed by atoms with Crippen LogP contribution in [0, 0.1) is 0 Å². The number of anilines is 2. The van der Waals surface area contributed by atoms with Gasteiger partial charge in [0.15, 0.2) is 5.78 Å². The standard InChI is InChI=1S/C18H15ClN4O4S2/c1-2-15(24)20-17-21-22-18(28-17)29(26,27)23-14-9-8-12(19)10-13(14)16(25)11-6-4-3-5-7-11/h3-10,23H,2H2,1H3,(H,20,21,24). The molecule has 0 bridgehead atoms. The largest absolute Gasteiger partial charge is 0.301 e. The van der Waals surface area contributed by atoms with Crippen LogP contribution >= 0.6 is 22.9 Å². The fraction of sp³-hybridized carbons (Fsp3) is 0.111. The Morgan fingerprint density at radius 3 is 2.52 bits per heavy atom. The topological polar surface area (TPSA) is 118 Å². The summed E-state index contributed by atoms with van der Waals surface area (Å²) in [6, 6.07) is 12.7. The number of nitrogens with zero attached hydrogens (tertiary/aromatic N) is 2. The molecule has 1 amide bonds. The van der Waals surface area contributed by atoms with Crippen LogP contribution in [0.5, 0.6) is 0 Å². The molecule has 0 spiro atoms. The molecule has 2 aromatic carbocycles. The minimum absolute atomic E-state index is 0.0533. The normalized spacial score (nSPS) is 11.1. The number of benzene rings is 2. The predicted octanol–water partition coefficient (Wildman–Crippen LogP) is 3.57. The number of carbonyl (C=O) groups is 2. The lowest BCUT2D eigenvalue weighted by molar-refractivity contribution is -0.115. The van der Waals surface area contributed by atoms with Gasteiger partial charge in [0.1, 0.15) is 0 Å². The molecule has 0 saturated heterocycles. The Bertz CT molecular complexity index is 1160. The van der Waals surface area contributed by atoms with Gasteiger partial charge in [-0.15, -0.1) is 10.2 Å². The van der Waals surface area contributed by atoms with E-state index in [0.29, 0.717) is 16.9 Å². The summed E-state index contributed by atoms with van der Waals surface area (Å²) in [4.78, 5) is 24.3. The van der Waals surface area contributed by atoms with Crippen molar-refractivity contribution in [1.82, 2.24) is 10.2 Å². The summed E-state index contributed by atoms with van der Waals surface area (Å²) >= 11 is 6.71. The highest BCUT2D eigenvalue weighted by Crippen LogP contribution is 2.28. The van der Waals surface area contributed by atoms with E-state index >= 15 is 0 Å². The number of nitrogens with one attached hydrogen (secondary N) is 2. The first kappa shape index (κ1) is 20.9. The second-order valence-corrected chi connectivity index (χ2v) is 9.04. The third-order valence-corrected chi connectivity index (χ3v) is 6.52. The van der Waals surface area contributed by atoms with Gasteiger partial charge in [-0.1, -0.05) is 60.2 Å². The minimum atomic E-state index is -4.14. The van der Waals surface area contributed by atoms with E-state index in [1.807, 2.05) is 0 Å². The lowest BCUT2D eigenvalue weighted by Gasteiger charge is -2.11. The number of amides is 1. The third-order valence-electron chi connectivity index (χ3n) is 3.71. The summed E-state index contributed by atoms with van der Waals surface area (Å²) in [5.41, 5.74) is 0.532. The van der Waals surface area contributed by atoms with E-state index in [4.69, 9.17) is 11.6 Å². The van der Waals surface area contributed by atoms with Gasteiger partial charge in [-0.2, -0.15) is 8.42 Å². The van der Waals surface area contributed by atoms with Gasteiger partial charge < -0.3 is 5.32 Å². The van der Waals surface area contributed by atoms with Crippen LogP contribution < -0.4 is 10.0 Å². The van der Waals surface area contributed by atoms with E-state index < -0.39 is 10.0 Å². The SMILES string of the molecule is CCC(=O)Nc1nnc(S(=O)(=O)Nc2ccc(Cl)cc2C(=O)c2ccccc2)s1. The molecule has 0 radical (unpaired) electrons. The summed E-state index contributed by atoms with van der Waals surface area (Å²) < 4.78 is 27.4. The molecule has 11 heteroatoms. The molecule has 0 fully saturated rings. The van der Waals surface area contributed by atoms with Crippen LogP contribution in [-0.2, 0) is 14.8 Å². The number of hydrogen-bond donors (Lipinski definition) is 2. The minimum Gasteiger partial charge on any atom is -0.301 e. The summed E-state index contributed by atoms with van der Waals surface area (Å²) in [6.07, 6.45) is 0.218. The van der Waals surface area contributed by atoms with Crippen molar-refractivity contribution >= 4 is 55.5 Å². The van der Waals surface area contributed by atoms with Crippen LogP contribution in [0.1, 0.15) is 29.3 Å². The Kier molecular flexibility index (Phi) is 6.26. The Balaban J connectivity index is 1.92. The number of sulfonamides is 1. The molecule has 0 atom stereocenters. The molecular formula is C18H15ClN4O4S2. The van der Waals surface area contributed by atoms with Crippen molar-refractivity contribution in [2.45, 2.75) is 17.7 Å². The van der Waals surface area contributed by atoms with E-state index in [2.05, 4.69) is 20.2 Å². The highest BCUT2D eigenvalue weighted by molar-refractivity contribution is 7.94. The molecule has 0 aliphatic carbocycles. The second-order valence-electron chi connectivity index (χ2n) is 5.77. The van der Waals surface area contributed by atoms with E-state index in [9.17, 15) is 18.0 Å². The first-order valence-corrected chi connectivity index (χ1v) is 11.0. The predicted molar refractivity (Wildman–Crippen MR) is 111 cm³/mol. The fourth-order valence-corrected chi connectivity index (χ4v) is 4.47. The molecule has 8 nitrogen and oxygen atoms in total. The Labute approximate surface area is 176 Å². The number of carbonyl (C=O) groups excluding carboxylic acids is 2. The monoisotopic (exact) mass is 450 g/mol. The van der Waals surface area contributed by atoms with Crippen molar-refractivity contribution in [3.8, 4) is 0 Å². The zero-order valence-corrected chi connectivity index (χ0v) is 17.4. The van der Waals surface area contributed by atoms with E-state index in [1.165, 1.54) is 18.2 Å². The molecular weight excluding hydrogens is 436 g/mol. The average Bonchev–Trinajstić information content (AvgIpc) is 3.18. The zero-order valence-electron chi connectivity index (χ0n) is 15.0. The molecule has 0 saturated carbocycles. The van der Waals surface area contributed by atoms with E-state index in [1.54, 1.807) is 37.3 Å². The first-order chi connectivity index (χ1) is 13.8. The van der Waals surface area contributed by atoms with E-state index in [-0.39, 0.29) is 43.9 Å². The highest BCUT2D eigenvalue weighted by atomic mass is 35.5. The molecule has 3 aromatic rings. The number of hydrogen-bond acceptors (Lipinski definition) is 7. The average molecular weight is 451 g/mol. The lowest BCUT2D eigenvalue weighted by Crippen LogP contribution is -2.16. The first-order valence-electron chi connectivity index (χ1n) is 8.35. The summed E-state index contributed by atoms with van der Waals surface area (Å²) in [5, 5.41) is 10.1. The zero-order chi connectivity index (χ0) is 21.0. The third kappa shape index (κ3) is 4.97. The molecule has 3 rings (SSSR count). The maximum Gasteiger partial charge on any atom is 0.291 e. The molecule has 2 N–H and O–H groups in total. The van der Waals surface area contributed by atoms with Gasteiger partial charge in [0.2, 0.25) is 11.0 Å². The second kappa shape index (κ2) is 8.68. The van der Waals surface area contributed by atoms with Crippen molar-refractivity contribution in [2.75, 3.05) is 10.0 Å². The summed E-state index contributed by atoms with van der Waals surface area (Å²) in [5.74, 6) is -0.703. The molecule has 0 aliphatic rings. The summed E-state index contributed by atoms with van der Waals surface area (Å²) in [6.45, 7) is 1.65.